The van der Waals surface area contributed by atoms with Gasteiger partial charge in [0, 0.05) is 19.5 Å². The molecule has 3 N–H and O–H groups in total. The molecule has 31 heavy (non-hydrogen) atoms. The number of benzene rings is 2. The Morgan fingerprint density at radius 3 is 2.03 bits per heavy atom. The third kappa shape index (κ3) is 5.78. The largest absolute Gasteiger partial charge is 0.479 e. The van der Waals surface area contributed by atoms with Crippen molar-refractivity contribution in [2.75, 3.05) is 6.54 Å². The van der Waals surface area contributed by atoms with Gasteiger partial charge in [-0.25, -0.2) is 9.59 Å². The summed E-state index contributed by atoms with van der Waals surface area (Å²) in [7, 11) is 0. The first kappa shape index (κ1) is 22.2. The summed E-state index contributed by atoms with van der Waals surface area (Å²) >= 11 is 0.859. The van der Waals surface area contributed by atoms with Gasteiger partial charge in [0.2, 0.25) is 0 Å². The number of carbonyl (C=O) groups excluding carboxylic acids is 1. The van der Waals surface area contributed by atoms with E-state index in [-0.39, 0.29) is 29.3 Å². The van der Waals surface area contributed by atoms with E-state index >= 15 is 0 Å². The number of hydrogen-bond donors (Lipinski definition) is 3. The zero-order chi connectivity index (χ0) is 22.4. The van der Waals surface area contributed by atoms with E-state index in [1.165, 1.54) is 17.0 Å². The van der Waals surface area contributed by atoms with Gasteiger partial charge in [-0.15, -0.1) is 11.3 Å². The number of aliphatic hydroxyl groups excluding tert-OH is 1. The quantitative estimate of drug-likeness (QED) is 0.469. The van der Waals surface area contributed by atoms with Crippen LogP contribution in [-0.4, -0.2) is 50.7 Å². The molecule has 0 spiro atoms. The molecule has 7 nitrogen and oxygen atoms in total. The first-order valence-corrected chi connectivity index (χ1v) is 10.3. The van der Waals surface area contributed by atoms with E-state index in [0.29, 0.717) is 0 Å². The molecule has 3 rings (SSSR count). The van der Waals surface area contributed by atoms with Crippen LogP contribution in [0.25, 0.3) is 11.1 Å². The lowest BCUT2D eigenvalue weighted by atomic mass is 10.0. The number of amides is 1. The fourth-order valence-corrected chi connectivity index (χ4v) is 3.84. The Hall–Kier alpha value is -3.49. The molecule has 0 aliphatic rings. The molecule has 1 amide bonds. The van der Waals surface area contributed by atoms with Gasteiger partial charge in [-0.1, -0.05) is 54.6 Å². The zero-order valence-corrected chi connectivity index (χ0v) is 17.3. The summed E-state index contributed by atoms with van der Waals surface area (Å²) in [6.07, 6.45) is -1.73. The summed E-state index contributed by atoms with van der Waals surface area (Å²) in [6.45, 7) is 0.202. The van der Waals surface area contributed by atoms with Crippen LogP contribution >= 0.6 is 11.3 Å². The molecule has 3 aromatic rings. The number of carboxylic acid groups (broad SMARTS) is 2. The highest BCUT2D eigenvalue weighted by Crippen LogP contribution is 2.22. The highest BCUT2D eigenvalue weighted by molar-refractivity contribution is 7.15. The molecule has 0 saturated carbocycles. The van der Waals surface area contributed by atoms with Crippen LogP contribution in [0, 0.1) is 0 Å². The molecule has 8 heteroatoms. The summed E-state index contributed by atoms with van der Waals surface area (Å²) in [5.74, 6) is -2.89. The van der Waals surface area contributed by atoms with E-state index in [4.69, 9.17) is 10.2 Å². The summed E-state index contributed by atoms with van der Waals surface area (Å²) in [6, 6.07) is 20.3. The van der Waals surface area contributed by atoms with Gasteiger partial charge >= 0.3 is 11.9 Å². The molecule has 0 bridgehead atoms. The van der Waals surface area contributed by atoms with Gasteiger partial charge in [0.1, 0.15) is 4.88 Å². The summed E-state index contributed by atoms with van der Waals surface area (Å²) < 4.78 is 0. The number of thiophene rings is 1. The predicted molar refractivity (Wildman–Crippen MR) is 116 cm³/mol. The summed E-state index contributed by atoms with van der Waals surface area (Å²) in [4.78, 5) is 36.7. The Bertz CT molecular complexity index is 1060. The van der Waals surface area contributed by atoms with Crippen LogP contribution in [0.2, 0.25) is 0 Å². The average Bonchev–Trinajstić information content (AvgIpc) is 3.27. The van der Waals surface area contributed by atoms with E-state index in [1.807, 2.05) is 54.6 Å². The van der Waals surface area contributed by atoms with E-state index in [1.54, 1.807) is 0 Å². The van der Waals surface area contributed by atoms with E-state index in [0.717, 1.165) is 28.0 Å². The van der Waals surface area contributed by atoms with Crippen molar-refractivity contribution in [1.29, 1.82) is 0 Å². The van der Waals surface area contributed by atoms with Crippen LogP contribution in [0.3, 0.4) is 0 Å². The monoisotopic (exact) mass is 439 g/mol. The number of aromatic carboxylic acids is 1. The molecule has 1 atom stereocenters. The highest BCUT2D eigenvalue weighted by Gasteiger charge is 2.22. The van der Waals surface area contributed by atoms with Crippen molar-refractivity contribution in [3.05, 3.63) is 82.0 Å². The van der Waals surface area contributed by atoms with Crippen LogP contribution in [0.4, 0.5) is 0 Å². The topological polar surface area (TPSA) is 115 Å². The van der Waals surface area contributed by atoms with E-state index < -0.39 is 23.9 Å². The average molecular weight is 439 g/mol. The maximum Gasteiger partial charge on any atom is 0.345 e. The molecule has 160 valence electrons. The predicted octanol–water partition coefficient (Wildman–Crippen LogP) is 3.59. The van der Waals surface area contributed by atoms with Gasteiger partial charge in [-0.2, -0.15) is 0 Å². The number of rotatable bonds is 9. The zero-order valence-electron chi connectivity index (χ0n) is 16.5. The van der Waals surface area contributed by atoms with Crippen LogP contribution in [0.1, 0.15) is 31.3 Å². The number of aliphatic carboxylic acids is 1. The summed E-state index contributed by atoms with van der Waals surface area (Å²) in [5.41, 5.74) is 2.91. The second kappa shape index (κ2) is 10.0. The SMILES string of the molecule is O=C(O)c1ccc(C(=O)N(CCC(O)C(=O)O)Cc2ccc(-c3ccccc3)cc2)s1. The fraction of sp³-hybridized carbons (Fsp3) is 0.174. The lowest BCUT2D eigenvalue weighted by Crippen LogP contribution is -2.34. The number of nitrogens with zero attached hydrogens (tertiary/aromatic N) is 1. The van der Waals surface area contributed by atoms with Crippen molar-refractivity contribution in [3.63, 3.8) is 0 Å². The molecule has 1 unspecified atom stereocenters. The minimum atomic E-state index is -1.59. The second-order valence-corrected chi connectivity index (χ2v) is 7.99. The van der Waals surface area contributed by atoms with Gasteiger partial charge in [0.15, 0.2) is 6.10 Å². The van der Waals surface area contributed by atoms with Crippen LogP contribution in [0.5, 0.6) is 0 Å². The van der Waals surface area contributed by atoms with Crippen molar-refractivity contribution < 1.29 is 29.7 Å². The molecular formula is C23H21NO6S. The molecule has 1 aromatic heterocycles. The Kier molecular flexibility index (Phi) is 7.17. The minimum absolute atomic E-state index is 0.00699. The van der Waals surface area contributed by atoms with Crippen LogP contribution in [-0.2, 0) is 11.3 Å². The second-order valence-electron chi connectivity index (χ2n) is 6.90. The van der Waals surface area contributed by atoms with E-state index in [2.05, 4.69) is 0 Å². The number of carbonyl (C=O) groups is 3. The third-order valence-electron chi connectivity index (χ3n) is 4.71. The number of carboxylic acids is 2. The smallest absolute Gasteiger partial charge is 0.345 e. The van der Waals surface area contributed by atoms with Crippen molar-refractivity contribution >= 4 is 29.2 Å². The molecule has 0 aliphatic carbocycles. The van der Waals surface area contributed by atoms with Gasteiger partial charge in [-0.05, 0) is 28.8 Å². The first-order valence-electron chi connectivity index (χ1n) is 9.53. The molecule has 2 aromatic carbocycles. The normalized spacial score (nSPS) is 11.6. The van der Waals surface area contributed by atoms with Gasteiger partial charge in [0.05, 0.1) is 4.88 Å². The van der Waals surface area contributed by atoms with Crippen molar-refractivity contribution in [3.8, 4) is 11.1 Å². The fourth-order valence-electron chi connectivity index (χ4n) is 3.03. The van der Waals surface area contributed by atoms with Gasteiger partial charge in [-0.3, -0.25) is 4.79 Å². The third-order valence-corrected chi connectivity index (χ3v) is 5.77. The first-order chi connectivity index (χ1) is 14.8. The Morgan fingerprint density at radius 1 is 0.839 bits per heavy atom. The molecule has 0 aliphatic heterocycles. The molecular weight excluding hydrogens is 418 g/mol. The Morgan fingerprint density at radius 2 is 1.45 bits per heavy atom. The maximum absolute atomic E-state index is 13.0. The number of aliphatic hydroxyl groups is 1. The highest BCUT2D eigenvalue weighted by atomic mass is 32.1. The van der Waals surface area contributed by atoms with Crippen LogP contribution < -0.4 is 0 Å². The number of hydrogen-bond acceptors (Lipinski definition) is 5. The molecule has 0 radical (unpaired) electrons. The summed E-state index contributed by atoms with van der Waals surface area (Å²) in [5, 5.41) is 27.6. The van der Waals surface area contributed by atoms with Gasteiger partial charge in [0.25, 0.3) is 5.91 Å². The van der Waals surface area contributed by atoms with Crippen molar-refractivity contribution in [1.82, 2.24) is 4.90 Å². The lowest BCUT2D eigenvalue weighted by molar-refractivity contribution is -0.147. The molecule has 0 fully saturated rings. The van der Waals surface area contributed by atoms with E-state index in [9.17, 15) is 19.5 Å². The van der Waals surface area contributed by atoms with Gasteiger partial charge < -0.3 is 20.2 Å². The van der Waals surface area contributed by atoms with Crippen molar-refractivity contribution in [2.45, 2.75) is 19.1 Å². The Labute approximate surface area is 182 Å². The van der Waals surface area contributed by atoms with Crippen molar-refractivity contribution in [2.24, 2.45) is 0 Å². The Balaban J connectivity index is 1.79. The standard InChI is InChI=1S/C23H21NO6S/c25-18(22(27)28)12-13-24(21(26)19-10-11-20(31-19)23(29)30)14-15-6-8-17(9-7-15)16-4-2-1-3-5-16/h1-11,18,25H,12-14H2,(H,27,28)(H,29,30). The lowest BCUT2D eigenvalue weighted by Gasteiger charge is -2.23. The minimum Gasteiger partial charge on any atom is -0.479 e. The molecule has 0 saturated heterocycles. The van der Waals surface area contributed by atoms with Crippen LogP contribution in [0.15, 0.2) is 66.7 Å². The maximum atomic E-state index is 13.0. The molecule has 1 heterocycles.